The lowest BCUT2D eigenvalue weighted by Gasteiger charge is -2.24. The molecule has 0 unspecified atom stereocenters. The number of imidazole rings is 1. The highest BCUT2D eigenvalue weighted by Gasteiger charge is 2.16. The average Bonchev–Trinajstić information content (AvgIpc) is 3.21. The molecule has 3 rings (SSSR count). The van der Waals surface area contributed by atoms with E-state index in [1.165, 1.54) is 0 Å². The van der Waals surface area contributed by atoms with Crippen molar-refractivity contribution in [3.05, 3.63) is 77.9 Å². The number of rotatable bonds is 9. The summed E-state index contributed by atoms with van der Waals surface area (Å²) in [7, 11) is 0. The van der Waals surface area contributed by atoms with Crippen LogP contribution in [-0.4, -0.2) is 33.6 Å². The van der Waals surface area contributed by atoms with Crippen LogP contribution in [0.2, 0.25) is 0 Å². The molecule has 0 aliphatic heterocycles. The van der Waals surface area contributed by atoms with E-state index in [4.69, 9.17) is 4.74 Å². The summed E-state index contributed by atoms with van der Waals surface area (Å²) in [6.45, 7) is 8.53. The second-order valence-electron chi connectivity index (χ2n) is 7.42. The molecule has 0 saturated carbocycles. The summed E-state index contributed by atoms with van der Waals surface area (Å²) in [5.74, 6) is 0.818. The van der Waals surface area contributed by atoms with E-state index in [2.05, 4.69) is 16.4 Å². The molecule has 1 aromatic heterocycles. The first-order valence-electron chi connectivity index (χ1n) is 10.4. The maximum absolute atomic E-state index is 13.2. The highest BCUT2D eigenvalue weighted by Crippen LogP contribution is 2.21. The normalized spacial score (nSPS) is 10.6. The monoisotopic (exact) mass is 406 g/mol. The molecule has 1 heterocycles. The standard InChI is InChI=1S/C24H30N4O2/c1-4-30-23-9-6-5-8-21(23)17-28(12-7-11-27-13-10-25-18-27)24(29)26-22-15-19(2)14-20(3)16-22/h5-6,8-10,13-16,18H,4,7,11-12,17H2,1-3H3,(H,26,29). The Labute approximate surface area is 178 Å². The van der Waals surface area contributed by atoms with Crippen molar-refractivity contribution in [2.24, 2.45) is 0 Å². The van der Waals surface area contributed by atoms with Crippen molar-refractivity contribution in [2.45, 2.75) is 40.3 Å². The van der Waals surface area contributed by atoms with Gasteiger partial charge in [0.15, 0.2) is 0 Å². The van der Waals surface area contributed by atoms with Gasteiger partial charge in [0, 0.05) is 36.7 Å². The summed E-state index contributed by atoms with van der Waals surface area (Å²) in [6.07, 6.45) is 6.32. The number of hydrogen-bond donors (Lipinski definition) is 1. The number of nitrogens with zero attached hydrogens (tertiary/aromatic N) is 3. The van der Waals surface area contributed by atoms with Crippen LogP contribution in [0.3, 0.4) is 0 Å². The van der Waals surface area contributed by atoms with Crippen molar-refractivity contribution in [3.8, 4) is 5.75 Å². The van der Waals surface area contributed by atoms with Gasteiger partial charge in [0.2, 0.25) is 0 Å². The van der Waals surface area contributed by atoms with Gasteiger partial charge in [-0.15, -0.1) is 0 Å². The third-order valence-electron chi connectivity index (χ3n) is 4.80. The Kier molecular flexibility index (Phi) is 7.49. The van der Waals surface area contributed by atoms with Crippen LogP contribution >= 0.6 is 0 Å². The van der Waals surface area contributed by atoms with E-state index in [1.807, 2.05) is 72.8 Å². The van der Waals surface area contributed by atoms with E-state index in [0.717, 1.165) is 41.1 Å². The third kappa shape index (κ3) is 6.11. The number of para-hydroxylation sites is 1. The fourth-order valence-corrected chi connectivity index (χ4v) is 3.50. The highest BCUT2D eigenvalue weighted by molar-refractivity contribution is 5.89. The largest absolute Gasteiger partial charge is 0.494 e. The van der Waals surface area contributed by atoms with Crippen LogP contribution in [0.25, 0.3) is 0 Å². The number of hydrogen-bond acceptors (Lipinski definition) is 3. The van der Waals surface area contributed by atoms with Crippen LogP contribution in [-0.2, 0) is 13.1 Å². The summed E-state index contributed by atoms with van der Waals surface area (Å²) in [5, 5.41) is 3.07. The van der Waals surface area contributed by atoms with Gasteiger partial charge in [-0.2, -0.15) is 0 Å². The Bertz CT molecular complexity index is 933. The number of urea groups is 1. The fourth-order valence-electron chi connectivity index (χ4n) is 3.50. The number of carbonyl (C=O) groups is 1. The van der Waals surface area contributed by atoms with Gasteiger partial charge in [0.1, 0.15) is 5.75 Å². The minimum absolute atomic E-state index is 0.114. The quantitative estimate of drug-likeness (QED) is 0.543. The second-order valence-corrected chi connectivity index (χ2v) is 7.42. The van der Waals surface area contributed by atoms with Crippen molar-refractivity contribution in [3.63, 3.8) is 0 Å². The summed E-state index contributed by atoms with van der Waals surface area (Å²) < 4.78 is 7.78. The van der Waals surface area contributed by atoms with Gasteiger partial charge in [0.05, 0.1) is 19.5 Å². The topological polar surface area (TPSA) is 59.4 Å². The van der Waals surface area contributed by atoms with E-state index in [-0.39, 0.29) is 6.03 Å². The van der Waals surface area contributed by atoms with Crippen molar-refractivity contribution in [1.29, 1.82) is 0 Å². The molecule has 6 nitrogen and oxygen atoms in total. The molecule has 2 aromatic carbocycles. The summed E-state index contributed by atoms with van der Waals surface area (Å²) in [4.78, 5) is 19.1. The van der Waals surface area contributed by atoms with Crippen molar-refractivity contribution < 1.29 is 9.53 Å². The van der Waals surface area contributed by atoms with Crippen LogP contribution in [0.1, 0.15) is 30.0 Å². The lowest BCUT2D eigenvalue weighted by Crippen LogP contribution is -2.35. The zero-order valence-corrected chi connectivity index (χ0v) is 18.0. The number of aromatic nitrogens is 2. The molecule has 0 aliphatic rings. The smallest absolute Gasteiger partial charge is 0.322 e. The van der Waals surface area contributed by atoms with Crippen LogP contribution in [0.4, 0.5) is 10.5 Å². The molecule has 0 atom stereocenters. The van der Waals surface area contributed by atoms with Crippen LogP contribution in [0.5, 0.6) is 5.75 Å². The van der Waals surface area contributed by atoms with Crippen LogP contribution in [0.15, 0.2) is 61.2 Å². The lowest BCUT2D eigenvalue weighted by atomic mass is 10.1. The Morgan fingerprint density at radius 2 is 1.93 bits per heavy atom. The van der Waals surface area contributed by atoms with Gasteiger partial charge in [0.25, 0.3) is 0 Å². The lowest BCUT2D eigenvalue weighted by molar-refractivity contribution is 0.206. The number of anilines is 1. The first kappa shape index (κ1) is 21.4. The van der Waals surface area contributed by atoms with E-state index in [9.17, 15) is 4.79 Å². The molecule has 6 heteroatoms. The molecule has 0 bridgehead atoms. The molecule has 30 heavy (non-hydrogen) atoms. The third-order valence-corrected chi connectivity index (χ3v) is 4.80. The van der Waals surface area contributed by atoms with Gasteiger partial charge in [-0.1, -0.05) is 24.3 Å². The number of aryl methyl sites for hydroxylation is 3. The maximum Gasteiger partial charge on any atom is 0.322 e. The predicted octanol–water partition coefficient (Wildman–Crippen LogP) is 5.02. The summed E-state index contributed by atoms with van der Waals surface area (Å²) in [6, 6.07) is 13.8. The molecule has 0 fully saturated rings. The van der Waals surface area contributed by atoms with Crippen molar-refractivity contribution in [1.82, 2.24) is 14.5 Å². The van der Waals surface area contributed by atoms with Crippen molar-refractivity contribution in [2.75, 3.05) is 18.5 Å². The molecule has 2 amide bonds. The van der Waals surface area contributed by atoms with E-state index in [1.54, 1.807) is 12.5 Å². The molecule has 0 spiro atoms. The Morgan fingerprint density at radius 1 is 1.17 bits per heavy atom. The zero-order chi connectivity index (χ0) is 21.3. The first-order valence-corrected chi connectivity index (χ1v) is 10.4. The Hall–Kier alpha value is -3.28. The summed E-state index contributed by atoms with van der Waals surface area (Å²) >= 11 is 0. The van der Waals surface area contributed by atoms with Gasteiger partial charge in [-0.3, -0.25) is 0 Å². The fraction of sp³-hybridized carbons (Fsp3) is 0.333. The average molecular weight is 407 g/mol. The van der Waals surface area contributed by atoms with Gasteiger partial charge in [-0.05, 0) is 56.5 Å². The highest BCUT2D eigenvalue weighted by atomic mass is 16.5. The van der Waals surface area contributed by atoms with Gasteiger partial charge >= 0.3 is 6.03 Å². The molecular weight excluding hydrogens is 376 g/mol. The van der Waals surface area contributed by atoms with Crippen molar-refractivity contribution >= 4 is 11.7 Å². The molecule has 0 saturated heterocycles. The van der Waals surface area contributed by atoms with E-state index >= 15 is 0 Å². The minimum atomic E-state index is -0.114. The number of nitrogens with one attached hydrogen (secondary N) is 1. The maximum atomic E-state index is 13.2. The first-order chi connectivity index (χ1) is 14.5. The minimum Gasteiger partial charge on any atom is -0.494 e. The molecule has 1 N–H and O–H groups in total. The number of benzene rings is 2. The SMILES string of the molecule is CCOc1ccccc1CN(CCCn1ccnc1)C(=O)Nc1cc(C)cc(C)c1. The van der Waals surface area contributed by atoms with Crippen LogP contribution in [0, 0.1) is 13.8 Å². The molecule has 3 aromatic rings. The number of amides is 2. The molecular formula is C24H30N4O2. The van der Waals surface area contributed by atoms with E-state index in [0.29, 0.717) is 19.7 Å². The van der Waals surface area contributed by atoms with Crippen LogP contribution < -0.4 is 10.1 Å². The van der Waals surface area contributed by atoms with Gasteiger partial charge < -0.3 is 19.5 Å². The molecule has 0 radical (unpaired) electrons. The molecule has 0 aliphatic carbocycles. The Morgan fingerprint density at radius 3 is 2.63 bits per heavy atom. The summed E-state index contributed by atoms with van der Waals surface area (Å²) in [5.41, 5.74) is 4.06. The zero-order valence-electron chi connectivity index (χ0n) is 18.0. The molecule has 158 valence electrons. The van der Waals surface area contributed by atoms with E-state index < -0.39 is 0 Å². The van der Waals surface area contributed by atoms with Gasteiger partial charge in [-0.25, -0.2) is 9.78 Å². The second kappa shape index (κ2) is 10.5. The number of carbonyl (C=O) groups excluding carboxylic acids is 1. The number of ether oxygens (including phenoxy) is 1. The Balaban J connectivity index is 1.74. The predicted molar refractivity (Wildman–Crippen MR) is 120 cm³/mol.